The second-order valence-electron chi connectivity index (χ2n) is 8.32. The molecule has 0 nitrogen and oxygen atoms in total. The summed E-state index contributed by atoms with van der Waals surface area (Å²) in [6, 6.07) is 38.0. The molecule has 0 heterocycles. The van der Waals surface area contributed by atoms with E-state index < -0.39 is 12.1 Å². The summed E-state index contributed by atoms with van der Waals surface area (Å²) < 4.78 is 0. The average molecular weight is 503 g/mol. The van der Waals surface area contributed by atoms with Crippen LogP contribution in [0.4, 0.5) is 0 Å². The Kier molecular flexibility index (Phi) is 7.62. The lowest BCUT2D eigenvalue weighted by atomic mass is 10.2. The lowest BCUT2D eigenvalue weighted by molar-refractivity contribution is 0.816. The SMILES string of the molecule is CC(C)/C(=C/P(=S)(c1ccccc1)c1ccccc1)P(=S)(c1ccccc1)c1ccccc1. The molecular formula is C29H28P2S2. The first-order chi connectivity index (χ1) is 16.0. The van der Waals surface area contributed by atoms with Gasteiger partial charge in [-0.1, -0.05) is 159 Å². The second-order valence-corrected chi connectivity index (χ2v) is 17.1. The van der Waals surface area contributed by atoms with Gasteiger partial charge in [0.1, 0.15) is 0 Å². The van der Waals surface area contributed by atoms with Crippen molar-refractivity contribution in [2.75, 3.05) is 0 Å². The molecule has 0 saturated carbocycles. The number of hydrogen-bond acceptors (Lipinski definition) is 2. The first-order valence-corrected chi connectivity index (χ1v) is 16.8. The van der Waals surface area contributed by atoms with E-state index in [4.69, 9.17) is 23.6 Å². The molecule has 4 aromatic rings. The molecule has 0 aromatic heterocycles. The van der Waals surface area contributed by atoms with Crippen molar-refractivity contribution in [3.63, 3.8) is 0 Å². The van der Waals surface area contributed by atoms with Crippen molar-refractivity contribution < 1.29 is 0 Å². The molecular weight excluding hydrogens is 474 g/mol. The summed E-state index contributed by atoms with van der Waals surface area (Å²) >= 11 is 13.3. The molecule has 0 N–H and O–H groups in total. The predicted molar refractivity (Wildman–Crippen MR) is 156 cm³/mol. The van der Waals surface area contributed by atoms with Crippen LogP contribution in [0.15, 0.2) is 132 Å². The van der Waals surface area contributed by atoms with Crippen LogP contribution in [-0.4, -0.2) is 0 Å². The molecule has 0 atom stereocenters. The monoisotopic (exact) mass is 502 g/mol. The molecule has 0 amide bonds. The quantitative estimate of drug-likeness (QED) is 0.257. The van der Waals surface area contributed by atoms with Crippen molar-refractivity contribution in [3.05, 3.63) is 132 Å². The molecule has 4 heteroatoms. The lowest BCUT2D eigenvalue weighted by Gasteiger charge is -2.32. The third-order valence-electron chi connectivity index (χ3n) is 5.79. The van der Waals surface area contributed by atoms with Gasteiger partial charge in [0, 0.05) is 12.1 Å². The number of benzene rings is 4. The fraction of sp³-hybridized carbons (Fsp3) is 0.103. The van der Waals surface area contributed by atoms with Crippen LogP contribution in [0, 0.1) is 5.92 Å². The Hall–Kier alpha value is -2.08. The van der Waals surface area contributed by atoms with Gasteiger partial charge in [0.15, 0.2) is 0 Å². The Labute approximate surface area is 208 Å². The standard InChI is InChI=1S/C29H28P2S2/c1-24(2)29(31(33,27-19-11-5-12-20-27)28-21-13-6-14-22-28)23-30(32,25-15-7-3-8-16-25)26-17-9-4-10-18-26/h3-24H,1-2H3/b29-23-. The molecule has 0 saturated heterocycles. The summed E-state index contributed by atoms with van der Waals surface area (Å²) in [6.07, 6.45) is 0. The second kappa shape index (κ2) is 10.5. The molecule has 33 heavy (non-hydrogen) atoms. The maximum Gasteiger partial charge on any atom is 0.0344 e. The van der Waals surface area contributed by atoms with Crippen molar-refractivity contribution >= 4 is 56.9 Å². The van der Waals surface area contributed by atoms with Gasteiger partial charge in [-0.05, 0) is 38.3 Å². The molecule has 0 unspecified atom stereocenters. The van der Waals surface area contributed by atoms with Gasteiger partial charge in [-0.2, -0.15) is 0 Å². The van der Waals surface area contributed by atoms with Crippen LogP contribution < -0.4 is 21.2 Å². The van der Waals surface area contributed by atoms with Crippen molar-refractivity contribution in [3.8, 4) is 0 Å². The molecule has 0 aliphatic carbocycles. The van der Waals surface area contributed by atoms with E-state index >= 15 is 0 Å². The molecule has 0 spiro atoms. The molecule has 0 radical (unpaired) electrons. The Morgan fingerprint density at radius 1 is 0.545 bits per heavy atom. The number of allylic oxidation sites excluding steroid dienone is 1. The van der Waals surface area contributed by atoms with Gasteiger partial charge >= 0.3 is 0 Å². The largest absolute Gasteiger partial charge is 0.0832 e. The minimum Gasteiger partial charge on any atom is -0.0832 e. The van der Waals surface area contributed by atoms with Gasteiger partial charge in [0.05, 0.1) is 0 Å². The van der Waals surface area contributed by atoms with Crippen molar-refractivity contribution in [2.24, 2.45) is 5.92 Å². The van der Waals surface area contributed by atoms with Crippen LogP contribution in [0.5, 0.6) is 0 Å². The maximum absolute atomic E-state index is 6.71. The van der Waals surface area contributed by atoms with Crippen LogP contribution in [0.1, 0.15) is 13.8 Å². The third-order valence-corrected chi connectivity index (χ3v) is 15.7. The van der Waals surface area contributed by atoms with E-state index in [0.29, 0.717) is 0 Å². The molecule has 4 rings (SSSR count). The molecule has 166 valence electrons. The molecule has 0 bridgehead atoms. The summed E-state index contributed by atoms with van der Waals surface area (Å²) in [4.78, 5) is 0. The van der Waals surface area contributed by atoms with E-state index in [9.17, 15) is 0 Å². The average Bonchev–Trinajstić information content (AvgIpc) is 2.88. The van der Waals surface area contributed by atoms with Gasteiger partial charge in [0.25, 0.3) is 0 Å². The van der Waals surface area contributed by atoms with Crippen LogP contribution >= 0.6 is 12.1 Å². The third kappa shape index (κ3) is 4.91. The number of rotatable bonds is 7. The highest BCUT2D eigenvalue weighted by Crippen LogP contribution is 2.60. The summed E-state index contributed by atoms with van der Waals surface area (Å²) in [5, 5.41) is 6.13. The predicted octanol–water partition coefficient (Wildman–Crippen LogP) is 6.74. The fourth-order valence-corrected chi connectivity index (χ4v) is 13.7. The zero-order chi connectivity index (χ0) is 23.3. The van der Waals surface area contributed by atoms with Crippen molar-refractivity contribution in [1.29, 1.82) is 0 Å². The van der Waals surface area contributed by atoms with E-state index in [0.717, 1.165) is 0 Å². The summed E-state index contributed by atoms with van der Waals surface area (Å²) in [7, 11) is 0. The van der Waals surface area contributed by atoms with Crippen LogP contribution in [0.2, 0.25) is 0 Å². The maximum atomic E-state index is 6.71. The zero-order valence-corrected chi connectivity index (χ0v) is 22.3. The summed E-state index contributed by atoms with van der Waals surface area (Å²) in [5.41, 5.74) is 0. The van der Waals surface area contributed by atoms with Gasteiger partial charge in [0.2, 0.25) is 0 Å². The van der Waals surface area contributed by atoms with E-state index in [-0.39, 0.29) is 5.92 Å². The number of hydrogen-bond donors (Lipinski definition) is 0. The van der Waals surface area contributed by atoms with E-state index in [1.807, 2.05) is 0 Å². The van der Waals surface area contributed by atoms with Gasteiger partial charge in [-0.25, -0.2) is 0 Å². The highest BCUT2D eigenvalue weighted by Gasteiger charge is 2.32. The smallest absolute Gasteiger partial charge is 0.0344 e. The Morgan fingerprint density at radius 2 is 0.848 bits per heavy atom. The first-order valence-electron chi connectivity index (χ1n) is 11.1. The van der Waals surface area contributed by atoms with Crippen LogP contribution in [-0.2, 0) is 23.6 Å². The summed E-state index contributed by atoms with van der Waals surface area (Å²) in [5.74, 6) is 2.68. The lowest BCUT2D eigenvalue weighted by Crippen LogP contribution is -2.21. The van der Waals surface area contributed by atoms with Crippen LogP contribution in [0.25, 0.3) is 0 Å². The fourth-order valence-electron chi connectivity index (χ4n) is 4.10. The van der Waals surface area contributed by atoms with Gasteiger partial charge < -0.3 is 0 Å². The minimum absolute atomic E-state index is 0.269. The van der Waals surface area contributed by atoms with E-state index in [1.54, 1.807) is 0 Å². The Morgan fingerprint density at radius 3 is 1.15 bits per heavy atom. The van der Waals surface area contributed by atoms with Gasteiger partial charge in [-0.3, -0.25) is 0 Å². The molecule has 4 aromatic carbocycles. The first kappa shape index (κ1) is 24.1. The van der Waals surface area contributed by atoms with Crippen molar-refractivity contribution in [1.82, 2.24) is 0 Å². The highest BCUT2D eigenvalue weighted by atomic mass is 32.4. The topological polar surface area (TPSA) is 0 Å². The Balaban J connectivity index is 2.05. The highest BCUT2D eigenvalue weighted by molar-refractivity contribution is 8.25. The van der Waals surface area contributed by atoms with E-state index in [2.05, 4.69) is 141 Å². The summed E-state index contributed by atoms with van der Waals surface area (Å²) in [6.45, 7) is 4.52. The van der Waals surface area contributed by atoms with E-state index in [1.165, 1.54) is 26.5 Å². The minimum atomic E-state index is -2.27. The normalized spacial score (nSPS) is 12.6. The molecule has 0 fully saturated rings. The molecule has 0 aliphatic heterocycles. The zero-order valence-electron chi connectivity index (χ0n) is 18.9. The Bertz CT molecular complexity index is 1230. The van der Waals surface area contributed by atoms with Crippen molar-refractivity contribution in [2.45, 2.75) is 13.8 Å². The van der Waals surface area contributed by atoms with Crippen LogP contribution in [0.3, 0.4) is 0 Å². The molecule has 0 aliphatic rings. The van der Waals surface area contributed by atoms with Gasteiger partial charge in [-0.15, -0.1) is 0 Å².